The number of methoxy groups -OCH3 is 1. The second-order valence-corrected chi connectivity index (χ2v) is 4.89. The Morgan fingerprint density at radius 1 is 1.10 bits per heavy atom. The monoisotopic (exact) mass is 281 g/mol. The molecule has 2 aromatic carbocycles. The summed E-state index contributed by atoms with van der Waals surface area (Å²) in [5.41, 5.74) is 2.38. The quantitative estimate of drug-likeness (QED) is 0.936. The van der Waals surface area contributed by atoms with Crippen LogP contribution in [0.4, 0.5) is 5.69 Å². The molecule has 0 unspecified atom stereocenters. The van der Waals surface area contributed by atoms with Crippen molar-refractivity contribution in [1.29, 1.82) is 0 Å². The van der Waals surface area contributed by atoms with E-state index >= 15 is 0 Å². The zero-order chi connectivity index (χ0) is 14.5. The SMILES string of the molecule is COc1ccc(CNC2=NCCN2c2ccccc2)cc1. The van der Waals surface area contributed by atoms with Crippen molar-refractivity contribution in [3.63, 3.8) is 0 Å². The average molecular weight is 281 g/mol. The molecule has 0 amide bonds. The normalized spacial score (nSPS) is 14.0. The fourth-order valence-corrected chi connectivity index (χ4v) is 2.38. The summed E-state index contributed by atoms with van der Waals surface area (Å²) in [5, 5.41) is 3.42. The number of nitrogens with one attached hydrogen (secondary N) is 1. The van der Waals surface area contributed by atoms with Gasteiger partial charge in [0.1, 0.15) is 5.75 Å². The highest BCUT2D eigenvalue weighted by Gasteiger charge is 2.17. The van der Waals surface area contributed by atoms with Crippen molar-refractivity contribution in [3.05, 3.63) is 60.2 Å². The minimum atomic E-state index is 0.756. The minimum Gasteiger partial charge on any atom is -0.497 e. The first kappa shape index (κ1) is 13.5. The molecular weight excluding hydrogens is 262 g/mol. The van der Waals surface area contributed by atoms with Crippen LogP contribution in [0.15, 0.2) is 59.6 Å². The van der Waals surface area contributed by atoms with Gasteiger partial charge in [-0.05, 0) is 29.8 Å². The first-order valence-electron chi connectivity index (χ1n) is 7.10. The van der Waals surface area contributed by atoms with Crippen molar-refractivity contribution in [1.82, 2.24) is 5.32 Å². The lowest BCUT2D eigenvalue weighted by atomic mass is 10.2. The molecule has 0 saturated carbocycles. The zero-order valence-corrected chi connectivity index (χ0v) is 12.1. The predicted octanol–water partition coefficient (Wildman–Crippen LogP) is 2.66. The Morgan fingerprint density at radius 2 is 1.86 bits per heavy atom. The summed E-state index contributed by atoms with van der Waals surface area (Å²) in [6, 6.07) is 18.4. The molecule has 0 aliphatic carbocycles. The molecular formula is C17H19N3O. The van der Waals surface area contributed by atoms with E-state index in [9.17, 15) is 0 Å². The van der Waals surface area contributed by atoms with Crippen LogP contribution in [0.1, 0.15) is 5.56 Å². The first-order chi connectivity index (χ1) is 10.4. The molecule has 2 aromatic rings. The molecule has 21 heavy (non-hydrogen) atoms. The predicted molar refractivity (Wildman–Crippen MR) is 85.9 cm³/mol. The van der Waals surface area contributed by atoms with Gasteiger partial charge in [0, 0.05) is 18.8 Å². The fraction of sp³-hybridized carbons (Fsp3) is 0.235. The fourth-order valence-electron chi connectivity index (χ4n) is 2.38. The van der Waals surface area contributed by atoms with Crippen molar-refractivity contribution in [2.24, 2.45) is 4.99 Å². The number of hydrogen-bond acceptors (Lipinski definition) is 4. The number of para-hydroxylation sites is 1. The van der Waals surface area contributed by atoms with Gasteiger partial charge < -0.3 is 15.0 Å². The van der Waals surface area contributed by atoms with E-state index in [2.05, 4.69) is 51.6 Å². The van der Waals surface area contributed by atoms with E-state index in [1.165, 1.54) is 11.3 Å². The Bertz CT molecular complexity index is 608. The zero-order valence-electron chi connectivity index (χ0n) is 12.1. The lowest BCUT2D eigenvalue weighted by Gasteiger charge is -2.21. The van der Waals surface area contributed by atoms with E-state index < -0.39 is 0 Å². The summed E-state index contributed by atoms with van der Waals surface area (Å²) >= 11 is 0. The maximum Gasteiger partial charge on any atom is 0.198 e. The van der Waals surface area contributed by atoms with Crippen LogP contribution >= 0.6 is 0 Å². The van der Waals surface area contributed by atoms with Crippen molar-refractivity contribution in [3.8, 4) is 5.75 Å². The van der Waals surface area contributed by atoms with Gasteiger partial charge in [0.05, 0.1) is 13.7 Å². The Labute approximate surface area is 125 Å². The van der Waals surface area contributed by atoms with Gasteiger partial charge in [0.25, 0.3) is 0 Å². The van der Waals surface area contributed by atoms with Crippen molar-refractivity contribution in [2.75, 3.05) is 25.1 Å². The van der Waals surface area contributed by atoms with Gasteiger partial charge >= 0.3 is 0 Å². The van der Waals surface area contributed by atoms with E-state index in [4.69, 9.17) is 4.74 Å². The summed E-state index contributed by atoms with van der Waals surface area (Å²) in [7, 11) is 1.68. The van der Waals surface area contributed by atoms with E-state index in [0.717, 1.165) is 31.3 Å². The third-order valence-electron chi connectivity index (χ3n) is 3.52. The molecule has 3 rings (SSSR count). The molecule has 0 spiro atoms. The molecule has 0 fully saturated rings. The molecule has 108 valence electrons. The van der Waals surface area contributed by atoms with Gasteiger partial charge in [-0.3, -0.25) is 4.99 Å². The molecule has 0 saturated heterocycles. The van der Waals surface area contributed by atoms with Gasteiger partial charge in [-0.15, -0.1) is 0 Å². The molecule has 0 atom stereocenters. The highest BCUT2D eigenvalue weighted by atomic mass is 16.5. The van der Waals surface area contributed by atoms with Gasteiger partial charge in [0.2, 0.25) is 0 Å². The Hall–Kier alpha value is -2.49. The number of ether oxygens (including phenoxy) is 1. The molecule has 0 bridgehead atoms. The standard InChI is InChI=1S/C17H19N3O/c1-21-16-9-7-14(8-10-16)13-19-17-18-11-12-20(17)15-5-3-2-4-6-15/h2-10H,11-13H2,1H3,(H,18,19). The van der Waals surface area contributed by atoms with Crippen LogP contribution in [0.25, 0.3) is 0 Å². The molecule has 0 aromatic heterocycles. The molecule has 4 nitrogen and oxygen atoms in total. The molecule has 4 heteroatoms. The van der Waals surface area contributed by atoms with Crippen LogP contribution in [0.5, 0.6) is 5.75 Å². The molecule has 1 aliphatic rings. The minimum absolute atomic E-state index is 0.756. The number of aliphatic imine (C=N–C) groups is 1. The van der Waals surface area contributed by atoms with Crippen LogP contribution in [0.3, 0.4) is 0 Å². The number of benzene rings is 2. The lowest BCUT2D eigenvalue weighted by Crippen LogP contribution is -2.38. The maximum absolute atomic E-state index is 5.17. The summed E-state index contributed by atoms with van der Waals surface area (Å²) in [6.07, 6.45) is 0. The summed E-state index contributed by atoms with van der Waals surface area (Å²) in [4.78, 5) is 6.76. The molecule has 0 radical (unpaired) electrons. The van der Waals surface area contributed by atoms with Crippen LogP contribution in [-0.4, -0.2) is 26.2 Å². The van der Waals surface area contributed by atoms with Crippen LogP contribution in [-0.2, 0) is 6.54 Å². The first-order valence-corrected chi connectivity index (χ1v) is 7.10. The highest BCUT2D eigenvalue weighted by Crippen LogP contribution is 2.16. The second kappa shape index (κ2) is 6.31. The van der Waals surface area contributed by atoms with Crippen LogP contribution in [0, 0.1) is 0 Å². The Balaban J connectivity index is 1.64. The average Bonchev–Trinajstić information content (AvgIpc) is 3.03. The van der Waals surface area contributed by atoms with Gasteiger partial charge in [-0.1, -0.05) is 30.3 Å². The largest absolute Gasteiger partial charge is 0.497 e. The lowest BCUT2D eigenvalue weighted by molar-refractivity contribution is 0.414. The maximum atomic E-state index is 5.17. The van der Waals surface area contributed by atoms with Gasteiger partial charge in [-0.2, -0.15) is 0 Å². The summed E-state index contributed by atoms with van der Waals surface area (Å²) < 4.78 is 5.17. The van der Waals surface area contributed by atoms with Crippen molar-refractivity contribution < 1.29 is 4.74 Å². The molecule has 1 N–H and O–H groups in total. The van der Waals surface area contributed by atoms with E-state index in [0.29, 0.717) is 0 Å². The van der Waals surface area contributed by atoms with E-state index in [1.54, 1.807) is 7.11 Å². The summed E-state index contributed by atoms with van der Waals surface area (Å²) in [5.74, 6) is 1.82. The number of guanidine groups is 1. The Kier molecular flexibility index (Phi) is 4.05. The molecule has 1 aliphatic heterocycles. The topological polar surface area (TPSA) is 36.9 Å². The molecule has 1 heterocycles. The van der Waals surface area contributed by atoms with Crippen LogP contribution < -0.4 is 15.0 Å². The van der Waals surface area contributed by atoms with Crippen molar-refractivity contribution >= 4 is 11.6 Å². The smallest absolute Gasteiger partial charge is 0.198 e. The van der Waals surface area contributed by atoms with E-state index in [1.807, 2.05) is 18.2 Å². The van der Waals surface area contributed by atoms with Gasteiger partial charge in [0.15, 0.2) is 5.96 Å². The van der Waals surface area contributed by atoms with Crippen LogP contribution in [0.2, 0.25) is 0 Å². The van der Waals surface area contributed by atoms with Gasteiger partial charge in [-0.25, -0.2) is 0 Å². The Morgan fingerprint density at radius 3 is 2.57 bits per heavy atom. The van der Waals surface area contributed by atoms with E-state index in [-0.39, 0.29) is 0 Å². The summed E-state index contributed by atoms with van der Waals surface area (Å²) in [6.45, 7) is 2.51. The third-order valence-corrected chi connectivity index (χ3v) is 3.52. The second-order valence-electron chi connectivity index (χ2n) is 4.89. The number of rotatable bonds is 4. The third kappa shape index (κ3) is 3.16. The highest BCUT2D eigenvalue weighted by molar-refractivity contribution is 5.97. The van der Waals surface area contributed by atoms with Crippen molar-refractivity contribution in [2.45, 2.75) is 6.54 Å². The number of nitrogens with zero attached hydrogens (tertiary/aromatic N) is 2. The number of hydrogen-bond donors (Lipinski definition) is 1. The number of anilines is 1.